The Morgan fingerprint density at radius 1 is 1.17 bits per heavy atom. The lowest BCUT2D eigenvalue weighted by Gasteiger charge is -2.32. The summed E-state index contributed by atoms with van der Waals surface area (Å²) in [6, 6.07) is 5.91. The molecule has 0 saturated carbocycles. The SMILES string of the molecule is CCC(C)C(NC(=O)OC(C)(C)C)Oc1cc(B2OC(C)(C)C(C)(C)O2)ccc1C. The second kappa shape index (κ2) is 8.79. The minimum Gasteiger partial charge on any atom is -0.470 e. The van der Waals surface area contributed by atoms with Gasteiger partial charge >= 0.3 is 13.2 Å². The maximum Gasteiger partial charge on any atom is 0.494 e. The highest BCUT2D eigenvalue weighted by molar-refractivity contribution is 6.62. The molecule has 1 aliphatic rings. The second-order valence-electron chi connectivity index (χ2n) is 10.2. The Morgan fingerprint density at radius 3 is 2.23 bits per heavy atom. The number of nitrogens with one attached hydrogen (secondary N) is 1. The lowest BCUT2D eigenvalue weighted by Crippen LogP contribution is -2.46. The van der Waals surface area contributed by atoms with Crippen LogP contribution in [0.1, 0.15) is 74.3 Å². The monoisotopic (exact) mass is 419 g/mol. The van der Waals surface area contributed by atoms with Crippen LogP contribution in [-0.4, -0.2) is 36.2 Å². The fourth-order valence-corrected chi connectivity index (χ4v) is 2.93. The van der Waals surface area contributed by atoms with E-state index in [0.29, 0.717) is 5.75 Å². The van der Waals surface area contributed by atoms with E-state index in [0.717, 1.165) is 17.4 Å². The Balaban J connectivity index is 2.22. The van der Waals surface area contributed by atoms with Crippen LogP contribution >= 0.6 is 0 Å². The molecule has 1 aromatic rings. The van der Waals surface area contributed by atoms with Crippen LogP contribution in [0.2, 0.25) is 0 Å². The van der Waals surface area contributed by atoms with Crippen molar-refractivity contribution in [2.24, 2.45) is 5.92 Å². The van der Waals surface area contributed by atoms with Gasteiger partial charge in [0.2, 0.25) is 0 Å². The first-order chi connectivity index (χ1) is 13.6. The molecule has 2 unspecified atom stereocenters. The highest BCUT2D eigenvalue weighted by atomic mass is 16.7. The van der Waals surface area contributed by atoms with Crippen LogP contribution < -0.4 is 15.5 Å². The number of rotatable bonds is 6. The molecule has 2 atom stereocenters. The maximum atomic E-state index is 12.3. The number of hydrogen-bond acceptors (Lipinski definition) is 5. The molecular formula is C23H38BNO5. The number of carbonyl (C=O) groups excluding carboxylic acids is 1. The van der Waals surface area contributed by atoms with Crippen molar-refractivity contribution in [1.82, 2.24) is 5.32 Å². The van der Waals surface area contributed by atoms with Gasteiger partial charge < -0.3 is 18.8 Å². The lowest BCUT2D eigenvalue weighted by atomic mass is 9.78. The number of ether oxygens (including phenoxy) is 2. The molecule has 1 amide bonds. The molecule has 1 heterocycles. The zero-order chi connectivity index (χ0) is 22.9. The Bertz CT molecular complexity index is 740. The summed E-state index contributed by atoms with van der Waals surface area (Å²) >= 11 is 0. The van der Waals surface area contributed by atoms with E-state index in [4.69, 9.17) is 18.8 Å². The first-order valence-corrected chi connectivity index (χ1v) is 10.8. The molecule has 0 radical (unpaired) electrons. The van der Waals surface area contributed by atoms with Crippen molar-refractivity contribution >= 4 is 18.7 Å². The van der Waals surface area contributed by atoms with Gasteiger partial charge in [-0.1, -0.05) is 26.0 Å². The van der Waals surface area contributed by atoms with Crippen LogP contribution in [-0.2, 0) is 14.0 Å². The normalized spacial score (nSPS) is 19.9. The molecule has 1 N–H and O–H groups in total. The molecule has 1 aliphatic heterocycles. The minimum atomic E-state index is -0.573. The van der Waals surface area contributed by atoms with E-state index < -0.39 is 36.2 Å². The molecule has 0 spiro atoms. The van der Waals surface area contributed by atoms with Crippen LogP contribution in [0.15, 0.2) is 18.2 Å². The summed E-state index contributed by atoms with van der Waals surface area (Å²) in [7, 11) is -0.473. The fraction of sp³-hybridized carbons (Fsp3) is 0.696. The van der Waals surface area contributed by atoms with Crippen LogP contribution in [0.5, 0.6) is 5.75 Å². The number of aryl methyl sites for hydroxylation is 1. The predicted molar refractivity (Wildman–Crippen MR) is 120 cm³/mol. The quantitative estimate of drug-likeness (QED) is 0.541. The molecule has 1 aromatic carbocycles. The Kier molecular flexibility index (Phi) is 7.19. The summed E-state index contributed by atoms with van der Waals surface area (Å²) in [5, 5.41) is 2.87. The summed E-state index contributed by atoms with van der Waals surface area (Å²) in [6.45, 7) is 19.7. The van der Waals surface area contributed by atoms with Gasteiger partial charge in [0, 0.05) is 5.92 Å². The zero-order valence-electron chi connectivity index (χ0n) is 20.2. The zero-order valence-corrected chi connectivity index (χ0v) is 20.2. The smallest absolute Gasteiger partial charge is 0.470 e. The summed E-state index contributed by atoms with van der Waals surface area (Å²) in [4.78, 5) is 12.3. The van der Waals surface area contributed by atoms with Crippen molar-refractivity contribution in [2.45, 2.75) is 98.7 Å². The molecule has 0 aliphatic carbocycles. The molecule has 0 aromatic heterocycles. The fourth-order valence-electron chi connectivity index (χ4n) is 2.93. The minimum absolute atomic E-state index is 0.0948. The van der Waals surface area contributed by atoms with Gasteiger partial charge in [-0.15, -0.1) is 0 Å². The van der Waals surface area contributed by atoms with E-state index in [1.807, 2.05) is 80.5 Å². The molecule has 0 bridgehead atoms. The Morgan fingerprint density at radius 2 is 1.73 bits per heavy atom. The number of carbonyl (C=O) groups is 1. The van der Waals surface area contributed by atoms with E-state index in [1.54, 1.807) is 0 Å². The highest BCUT2D eigenvalue weighted by Gasteiger charge is 2.51. The van der Waals surface area contributed by atoms with Crippen molar-refractivity contribution in [1.29, 1.82) is 0 Å². The molecule has 6 nitrogen and oxygen atoms in total. The number of hydrogen-bond donors (Lipinski definition) is 1. The van der Waals surface area contributed by atoms with Crippen molar-refractivity contribution in [3.8, 4) is 5.75 Å². The Hall–Kier alpha value is -1.73. The first kappa shape index (κ1) is 24.5. The van der Waals surface area contributed by atoms with Gasteiger partial charge in [0.15, 0.2) is 6.23 Å². The molecule has 7 heteroatoms. The van der Waals surface area contributed by atoms with Crippen molar-refractivity contribution in [3.63, 3.8) is 0 Å². The van der Waals surface area contributed by atoms with Gasteiger partial charge in [0.05, 0.1) is 11.2 Å². The summed E-state index contributed by atoms with van der Waals surface area (Å²) < 4.78 is 24.0. The molecule has 168 valence electrons. The van der Waals surface area contributed by atoms with E-state index in [-0.39, 0.29) is 5.92 Å². The molecule has 1 fully saturated rings. The largest absolute Gasteiger partial charge is 0.494 e. The number of amides is 1. The van der Waals surface area contributed by atoms with E-state index in [9.17, 15) is 4.79 Å². The van der Waals surface area contributed by atoms with Crippen LogP contribution in [0.3, 0.4) is 0 Å². The third-order valence-electron chi connectivity index (χ3n) is 5.81. The van der Waals surface area contributed by atoms with Gasteiger partial charge in [-0.3, -0.25) is 5.32 Å². The maximum absolute atomic E-state index is 12.3. The number of benzene rings is 1. The van der Waals surface area contributed by atoms with Crippen molar-refractivity contribution < 1.29 is 23.6 Å². The molecule has 30 heavy (non-hydrogen) atoms. The average molecular weight is 419 g/mol. The highest BCUT2D eigenvalue weighted by Crippen LogP contribution is 2.36. The van der Waals surface area contributed by atoms with E-state index in [1.165, 1.54) is 0 Å². The molecular weight excluding hydrogens is 381 g/mol. The van der Waals surface area contributed by atoms with Gasteiger partial charge in [-0.2, -0.15) is 0 Å². The standard InChI is InChI=1S/C23H38BNO5/c1-11-15(2)19(25-20(26)28-21(4,5)6)27-18-14-17(13-12-16(18)3)24-29-22(7,8)23(9,10)30-24/h12-15,19H,11H2,1-10H3,(H,25,26). The first-order valence-electron chi connectivity index (χ1n) is 10.8. The second-order valence-corrected chi connectivity index (χ2v) is 10.2. The summed E-state index contributed by atoms with van der Waals surface area (Å²) in [6.07, 6.45) is -0.166. The summed E-state index contributed by atoms with van der Waals surface area (Å²) in [5.74, 6) is 0.779. The average Bonchev–Trinajstić information content (AvgIpc) is 2.81. The summed E-state index contributed by atoms with van der Waals surface area (Å²) in [5.41, 5.74) is 0.447. The van der Waals surface area contributed by atoms with Crippen LogP contribution in [0.25, 0.3) is 0 Å². The van der Waals surface area contributed by atoms with E-state index >= 15 is 0 Å². The van der Waals surface area contributed by atoms with Gasteiger partial charge in [-0.05, 0) is 78.9 Å². The topological polar surface area (TPSA) is 66.0 Å². The third-order valence-corrected chi connectivity index (χ3v) is 5.81. The van der Waals surface area contributed by atoms with Crippen LogP contribution in [0, 0.1) is 12.8 Å². The lowest BCUT2D eigenvalue weighted by molar-refractivity contribution is 0.00578. The predicted octanol–water partition coefficient (Wildman–Crippen LogP) is 4.57. The third kappa shape index (κ3) is 5.91. The van der Waals surface area contributed by atoms with Gasteiger partial charge in [0.1, 0.15) is 11.4 Å². The van der Waals surface area contributed by atoms with E-state index in [2.05, 4.69) is 12.2 Å². The van der Waals surface area contributed by atoms with Gasteiger partial charge in [0.25, 0.3) is 0 Å². The van der Waals surface area contributed by atoms with Crippen molar-refractivity contribution in [2.75, 3.05) is 0 Å². The van der Waals surface area contributed by atoms with Gasteiger partial charge in [-0.25, -0.2) is 4.79 Å². The molecule has 1 saturated heterocycles. The van der Waals surface area contributed by atoms with Crippen LogP contribution in [0.4, 0.5) is 4.79 Å². The molecule has 2 rings (SSSR count). The Labute approximate surface area is 182 Å². The van der Waals surface area contributed by atoms with Crippen molar-refractivity contribution in [3.05, 3.63) is 23.8 Å². The number of alkyl carbamates (subject to hydrolysis) is 1.